The second kappa shape index (κ2) is 7.94. The first-order chi connectivity index (χ1) is 12.1. The molecule has 2 amide bonds. The minimum atomic E-state index is -0.123. The molecule has 130 valence electrons. The van der Waals surface area contributed by atoms with Crippen LogP contribution in [0.5, 0.6) is 0 Å². The number of carbonyl (C=O) groups is 2. The Labute approximate surface area is 148 Å². The molecule has 1 heterocycles. The van der Waals surface area contributed by atoms with E-state index in [0.717, 1.165) is 26.1 Å². The van der Waals surface area contributed by atoms with Crippen LogP contribution in [0.4, 0.5) is 5.69 Å². The Morgan fingerprint density at radius 3 is 2.48 bits per heavy atom. The lowest BCUT2D eigenvalue weighted by atomic mass is 10.1. The maximum absolute atomic E-state index is 12.4. The van der Waals surface area contributed by atoms with E-state index in [1.165, 1.54) is 12.5 Å². The molecule has 0 saturated carbocycles. The average molecular weight is 337 g/mol. The summed E-state index contributed by atoms with van der Waals surface area (Å²) in [5.74, 6) is -0.192. The van der Waals surface area contributed by atoms with Gasteiger partial charge in [0.15, 0.2) is 0 Å². The number of benzene rings is 2. The van der Waals surface area contributed by atoms with Crippen LogP contribution in [0.25, 0.3) is 0 Å². The highest BCUT2D eigenvalue weighted by Gasteiger charge is 2.24. The normalized spacial score (nSPS) is 17.2. The predicted molar refractivity (Wildman–Crippen MR) is 98.3 cm³/mol. The molecule has 2 aromatic carbocycles. The monoisotopic (exact) mass is 337 g/mol. The van der Waals surface area contributed by atoms with Gasteiger partial charge in [0, 0.05) is 43.9 Å². The molecule has 0 bridgehead atoms. The maximum Gasteiger partial charge on any atom is 0.251 e. The summed E-state index contributed by atoms with van der Waals surface area (Å²) in [6.45, 7) is 4.23. The number of hydrogen-bond donors (Lipinski definition) is 2. The molecule has 1 atom stereocenters. The van der Waals surface area contributed by atoms with Crippen LogP contribution in [-0.2, 0) is 11.3 Å². The van der Waals surface area contributed by atoms with Gasteiger partial charge in [0.1, 0.15) is 0 Å². The Bertz CT molecular complexity index is 728. The van der Waals surface area contributed by atoms with Crippen molar-refractivity contribution in [3.8, 4) is 0 Å². The van der Waals surface area contributed by atoms with Crippen LogP contribution < -0.4 is 10.6 Å². The molecule has 1 saturated heterocycles. The molecule has 1 fully saturated rings. The van der Waals surface area contributed by atoms with E-state index in [0.29, 0.717) is 11.3 Å². The molecule has 0 radical (unpaired) electrons. The second-order valence-corrected chi connectivity index (χ2v) is 6.44. The first-order valence-electron chi connectivity index (χ1n) is 8.55. The molecule has 3 rings (SSSR count). The first kappa shape index (κ1) is 17.2. The van der Waals surface area contributed by atoms with E-state index < -0.39 is 0 Å². The Morgan fingerprint density at radius 2 is 1.80 bits per heavy atom. The van der Waals surface area contributed by atoms with Crippen molar-refractivity contribution < 1.29 is 9.59 Å². The van der Waals surface area contributed by atoms with Crippen molar-refractivity contribution in [3.63, 3.8) is 0 Å². The Hall–Kier alpha value is -2.66. The molecular weight excluding hydrogens is 314 g/mol. The van der Waals surface area contributed by atoms with Gasteiger partial charge in [0.05, 0.1) is 0 Å². The third-order valence-electron chi connectivity index (χ3n) is 4.32. The number of likely N-dealkylation sites (tertiary alicyclic amines) is 1. The van der Waals surface area contributed by atoms with Crippen LogP contribution in [-0.4, -0.2) is 35.8 Å². The lowest BCUT2D eigenvalue weighted by molar-refractivity contribution is -0.114. The predicted octanol–water partition coefficient (Wildman–Crippen LogP) is 2.65. The molecule has 2 aromatic rings. The highest BCUT2D eigenvalue weighted by molar-refractivity contribution is 5.95. The van der Waals surface area contributed by atoms with E-state index in [1.807, 2.05) is 6.07 Å². The van der Waals surface area contributed by atoms with Crippen molar-refractivity contribution in [1.82, 2.24) is 10.2 Å². The summed E-state index contributed by atoms with van der Waals surface area (Å²) >= 11 is 0. The number of nitrogens with one attached hydrogen (secondary N) is 2. The highest BCUT2D eigenvalue weighted by atomic mass is 16.2. The lowest BCUT2D eigenvalue weighted by Gasteiger charge is -2.17. The standard InChI is InChI=1S/C20H23N3O2/c1-15(24)21-18-9-7-17(8-10-18)20(25)22-19-11-12-23(14-19)13-16-5-3-2-4-6-16/h2-10,19H,11-14H2,1H3,(H,21,24)(H,22,25). The number of hydrogen-bond acceptors (Lipinski definition) is 3. The van der Waals surface area contributed by atoms with Gasteiger partial charge in [-0.05, 0) is 36.2 Å². The van der Waals surface area contributed by atoms with Crippen molar-refractivity contribution in [2.45, 2.75) is 25.9 Å². The van der Waals surface area contributed by atoms with Crippen LogP contribution in [0.1, 0.15) is 29.3 Å². The number of rotatable bonds is 5. The molecule has 1 aliphatic heterocycles. The van der Waals surface area contributed by atoms with Gasteiger partial charge in [-0.3, -0.25) is 14.5 Å². The van der Waals surface area contributed by atoms with E-state index >= 15 is 0 Å². The van der Waals surface area contributed by atoms with E-state index in [4.69, 9.17) is 0 Å². The van der Waals surface area contributed by atoms with Gasteiger partial charge in [0.25, 0.3) is 5.91 Å². The third-order valence-corrected chi connectivity index (χ3v) is 4.32. The van der Waals surface area contributed by atoms with Crippen LogP contribution in [0.2, 0.25) is 0 Å². The molecular formula is C20H23N3O2. The van der Waals surface area contributed by atoms with E-state index in [1.54, 1.807) is 24.3 Å². The van der Waals surface area contributed by atoms with Crippen molar-refractivity contribution in [2.75, 3.05) is 18.4 Å². The largest absolute Gasteiger partial charge is 0.348 e. The molecule has 2 N–H and O–H groups in total. The zero-order valence-corrected chi connectivity index (χ0v) is 14.4. The Morgan fingerprint density at radius 1 is 1.08 bits per heavy atom. The number of nitrogens with zero attached hydrogens (tertiary/aromatic N) is 1. The Balaban J connectivity index is 1.51. The summed E-state index contributed by atoms with van der Waals surface area (Å²) in [5.41, 5.74) is 2.60. The molecule has 1 aliphatic rings. The minimum Gasteiger partial charge on any atom is -0.348 e. The third kappa shape index (κ3) is 4.90. The van der Waals surface area contributed by atoms with Gasteiger partial charge in [0.2, 0.25) is 5.91 Å². The van der Waals surface area contributed by atoms with E-state index in [9.17, 15) is 9.59 Å². The van der Waals surface area contributed by atoms with Crippen LogP contribution in [0.15, 0.2) is 54.6 Å². The van der Waals surface area contributed by atoms with Gasteiger partial charge in [-0.1, -0.05) is 30.3 Å². The van der Waals surface area contributed by atoms with E-state index in [-0.39, 0.29) is 17.9 Å². The van der Waals surface area contributed by atoms with Gasteiger partial charge < -0.3 is 10.6 Å². The second-order valence-electron chi connectivity index (χ2n) is 6.44. The van der Waals surface area contributed by atoms with Crippen molar-refractivity contribution >= 4 is 17.5 Å². The SMILES string of the molecule is CC(=O)Nc1ccc(C(=O)NC2CCN(Cc3ccccc3)C2)cc1. The summed E-state index contributed by atoms with van der Waals surface area (Å²) in [7, 11) is 0. The average Bonchev–Trinajstić information content (AvgIpc) is 3.02. The van der Waals surface area contributed by atoms with E-state index in [2.05, 4.69) is 39.8 Å². The quantitative estimate of drug-likeness (QED) is 0.882. The summed E-state index contributed by atoms with van der Waals surface area (Å²) < 4.78 is 0. The number of amides is 2. The zero-order valence-electron chi connectivity index (χ0n) is 14.4. The Kier molecular flexibility index (Phi) is 5.46. The molecule has 1 unspecified atom stereocenters. The summed E-state index contributed by atoms with van der Waals surface area (Å²) in [5, 5.41) is 5.80. The highest BCUT2D eigenvalue weighted by Crippen LogP contribution is 2.15. The van der Waals surface area contributed by atoms with Gasteiger partial charge in [-0.2, -0.15) is 0 Å². The van der Waals surface area contributed by atoms with Gasteiger partial charge >= 0.3 is 0 Å². The number of carbonyl (C=O) groups excluding carboxylic acids is 2. The van der Waals surface area contributed by atoms with Crippen LogP contribution in [0.3, 0.4) is 0 Å². The van der Waals surface area contributed by atoms with Crippen LogP contribution >= 0.6 is 0 Å². The van der Waals surface area contributed by atoms with Crippen LogP contribution in [0, 0.1) is 0 Å². The minimum absolute atomic E-state index is 0.0686. The molecule has 0 aliphatic carbocycles. The molecule has 0 spiro atoms. The molecule has 0 aromatic heterocycles. The zero-order chi connectivity index (χ0) is 17.6. The molecule has 25 heavy (non-hydrogen) atoms. The number of anilines is 1. The summed E-state index contributed by atoms with van der Waals surface area (Å²) in [6, 6.07) is 17.5. The smallest absolute Gasteiger partial charge is 0.251 e. The fourth-order valence-electron chi connectivity index (χ4n) is 3.11. The summed E-state index contributed by atoms with van der Waals surface area (Å²) in [4.78, 5) is 25.8. The molecule has 5 nitrogen and oxygen atoms in total. The first-order valence-corrected chi connectivity index (χ1v) is 8.55. The topological polar surface area (TPSA) is 61.4 Å². The van der Waals surface area contributed by atoms with Crippen molar-refractivity contribution in [3.05, 3.63) is 65.7 Å². The van der Waals surface area contributed by atoms with Gasteiger partial charge in [-0.15, -0.1) is 0 Å². The van der Waals surface area contributed by atoms with Gasteiger partial charge in [-0.25, -0.2) is 0 Å². The summed E-state index contributed by atoms with van der Waals surface area (Å²) in [6.07, 6.45) is 0.961. The fraction of sp³-hybridized carbons (Fsp3) is 0.300. The lowest BCUT2D eigenvalue weighted by Crippen LogP contribution is -2.36. The van der Waals surface area contributed by atoms with Crippen molar-refractivity contribution in [1.29, 1.82) is 0 Å². The fourth-order valence-corrected chi connectivity index (χ4v) is 3.11. The van der Waals surface area contributed by atoms with Crippen molar-refractivity contribution in [2.24, 2.45) is 0 Å². The molecule has 5 heteroatoms. The maximum atomic E-state index is 12.4.